The second-order valence-corrected chi connectivity index (χ2v) is 16.8. The lowest BCUT2D eigenvalue weighted by Gasteiger charge is -2.20. The van der Waals surface area contributed by atoms with Gasteiger partial charge in [0.2, 0.25) is 0 Å². The van der Waals surface area contributed by atoms with Gasteiger partial charge in [-0.05, 0) is 161 Å². The zero-order valence-corrected chi connectivity index (χ0v) is 32.3. The number of fused-ring (bicyclic) bond motifs is 8. The first-order valence-corrected chi connectivity index (χ1v) is 19.6. The molecule has 0 atom stereocenters. The van der Waals surface area contributed by atoms with E-state index in [4.69, 9.17) is 0 Å². The van der Waals surface area contributed by atoms with Gasteiger partial charge in [-0.15, -0.1) is 0 Å². The van der Waals surface area contributed by atoms with Crippen LogP contribution in [0.1, 0.15) is 48.6 Å². The summed E-state index contributed by atoms with van der Waals surface area (Å²) in [6.07, 6.45) is 1.01. The maximum absolute atomic E-state index is 2.46. The van der Waals surface area contributed by atoms with Crippen LogP contribution in [0.3, 0.4) is 0 Å². The lowest BCUT2D eigenvalue weighted by Crippen LogP contribution is -2.11. The molecule has 0 N–H and O–H groups in total. The molecule has 0 radical (unpaired) electrons. The van der Waals surface area contributed by atoms with E-state index in [0.717, 1.165) is 6.42 Å². The third kappa shape index (κ3) is 5.94. The molecule has 0 saturated carbocycles. The SMILES string of the molecule is Cc1ccc(-c2cc(-c3ccc(C)cc3)cc(-c3ccc(-c4ccc5c(ccc6c7cc8c(cc7ccc56)Cc5cc(C(C)(C)C)ccc5-8)c4)cc3)c2)cc1. The predicted octanol–water partition coefficient (Wildman–Crippen LogP) is 15.3. The van der Waals surface area contributed by atoms with Crippen molar-refractivity contribution in [2.75, 3.05) is 0 Å². The van der Waals surface area contributed by atoms with Crippen molar-refractivity contribution >= 4 is 32.3 Å². The van der Waals surface area contributed by atoms with E-state index in [1.54, 1.807) is 0 Å². The smallest absolute Gasteiger partial charge is 0.00131 e. The van der Waals surface area contributed by atoms with Crippen LogP contribution in [0.15, 0.2) is 164 Å². The van der Waals surface area contributed by atoms with Crippen LogP contribution >= 0.6 is 0 Å². The molecular weight excluding hydrogens is 661 g/mol. The summed E-state index contributed by atoms with van der Waals surface area (Å²) in [5.74, 6) is 0. The van der Waals surface area contributed by atoms with Gasteiger partial charge in [0.25, 0.3) is 0 Å². The van der Waals surface area contributed by atoms with Crippen LogP contribution in [0, 0.1) is 13.8 Å². The maximum Gasteiger partial charge on any atom is -0.00131 e. The van der Waals surface area contributed by atoms with Gasteiger partial charge in [-0.25, -0.2) is 0 Å². The molecule has 0 aromatic heterocycles. The molecule has 0 heteroatoms. The van der Waals surface area contributed by atoms with Gasteiger partial charge >= 0.3 is 0 Å². The monoisotopic (exact) mass is 704 g/mol. The predicted molar refractivity (Wildman–Crippen MR) is 237 cm³/mol. The van der Waals surface area contributed by atoms with E-state index < -0.39 is 0 Å². The molecule has 0 unspecified atom stereocenters. The van der Waals surface area contributed by atoms with E-state index >= 15 is 0 Å². The third-order valence-corrected chi connectivity index (χ3v) is 12.0. The highest BCUT2D eigenvalue weighted by atomic mass is 14.3. The largest absolute Gasteiger partial charge is 0.0587 e. The summed E-state index contributed by atoms with van der Waals surface area (Å²) >= 11 is 0. The number of hydrogen-bond acceptors (Lipinski definition) is 0. The quantitative estimate of drug-likeness (QED) is 0.160. The zero-order valence-electron chi connectivity index (χ0n) is 32.3. The van der Waals surface area contributed by atoms with E-state index in [1.165, 1.54) is 116 Å². The van der Waals surface area contributed by atoms with Gasteiger partial charge in [0, 0.05) is 0 Å². The van der Waals surface area contributed by atoms with Crippen LogP contribution in [0.2, 0.25) is 0 Å². The Hall–Kier alpha value is -6.24. The Labute approximate surface area is 324 Å². The van der Waals surface area contributed by atoms with Crippen molar-refractivity contribution in [2.45, 2.75) is 46.5 Å². The molecule has 0 spiro atoms. The van der Waals surface area contributed by atoms with Crippen molar-refractivity contribution in [3.05, 3.63) is 192 Å². The Morgan fingerprint density at radius 3 is 1.35 bits per heavy atom. The fraction of sp³-hybridized carbons (Fsp3) is 0.127. The van der Waals surface area contributed by atoms with Crippen molar-refractivity contribution in [1.29, 1.82) is 0 Å². The molecule has 9 aromatic carbocycles. The minimum Gasteiger partial charge on any atom is -0.0587 e. The highest BCUT2D eigenvalue weighted by Gasteiger charge is 2.23. The van der Waals surface area contributed by atoms with Crippen molar-refractivity contribution < 1.29 is 0 Å². The lowest BCUT2D eigenvalue weighted by molar-refractivity contribution is 0.590. The van der Waals surface area contributed by atoms with Gasteiger partial charge in [-0.1, -0.05) is 165 Å². The Balaban J connectivity index is 0.996. The number of hydrogen-bond donors (Lipinski definition) is 0. The van der Waals surface area contributed by atoms with Crippen molar-refractivity contribution in [3.8, 4) is 55.6 Å². The summed E-state index contributed by atoms with van der Waals surface area (Å²) in [5, 5.41) is 7.85. The average molecular weight is 705 g/mol. The molecular formula is C55H44. The fourth-order valence-corrected chi connectivity index (χ4v) is 8.70. The van der Waals surface area contributed by atoms with Crippen LogP contribution in [0.25, 0.3) is 88.0 Å². The van der Waals surface area contributed by atoms with Crippen LogP contribution in [-0.2, 0) is 11.8 Å². The molecule has 1 aliphatic rings. The number of benzene rings is 9. The molecule has 0 bridgehead atoms. The van der Waals surface area contributed by atoms with E-state index in [-0.39, 0.29) is 5.41 Å². The molecule has 0 nitrogen and oxygen atoms in total. The standard InChI is InChI=1S/C55H44/c1-34-6-10-37(11-7-34)43-28-44(38-12-8-35(2)9-13-38)30-45(29-43)39-16-14-36(15-17-39)40-18-22-49-41(26-40)19-24-52-51(49)23-20-42-27-46-31-47-32-48(55(3,4)5)21-25-50(47)54(46)33-53(42)52/h6-30,32-33H,31H2,1-5H3. The summed E-state index contributed by atoms with van der Waals surface area (Å²) in [6, 6.07) is 62.1. The van der Waals surface area contributed by atoms with Crippen molar-refractivity contribution in [3.63, 3.8) is 0 Å². The van der Waals surface area contributed by atoms with E-state index in [1.807, 2.05) is 0 Å². The summed E-state index contributed by atoms with van der Waals surface area (Å²) in [7, 11) is 0. The normalized spacial score (nSPS) is 12.4. The first kappa shape index (κ1) is 33.3. The molecule has 1 aliphatic carbocycles. The van der Waals surface area contributed by atoms with Gasteiger partial charge in [0.05, 0.1) is 0 Å². The van der Waals surface area contributed by atoms with Gasteiger partial charge in [-0.3, -0.25) is 0 Å². The molecule has 55 heavy (non-hydrogen) atoms. The first-order chi connectivity index (χ1) is 26.6. The minimum atomic E-state index is 0.149. The highest BCUT2D eigenvalue weighted by molar-refractivity contribution is 6.18. The number of aryl methyl sites for hydroxylation is 2. The molecule has 0 heterocycles. The molecule has 0 aliphatic heterocycles. The molecule has 10 rings (SSSR count). The highest BCUT2D eigenvalue weighted by Crippen LogP contribution is 2.43. The molecule has 9 aromatic rings. The van der Waals surface area contributed by atoms with Gasteiger partial charge in [0.15, 0.2) is 0 Å². The molecule has 0 amide bonds. The zero-order chi connectivity index (χ0) is 37.4. The number of rotatable bonds is 4. The van der Waals surface area contributed by atoms with Gasteiger partial charge in [0.1, 0.15) is 0 Å². The molecule has 264 valence electrons. The second-order valence-electron chi connectivity index (χ2n) is 16.8. The Morgan fingerprint density at radius 2 is 0.782 bits per heavy atom. The Kier molecular flexibility index (Phi) is 7.68. The summed E-state index contributed by atoms with van der Waals surface area (Å²) < 4.78 is 0. The Bertz CT molecular complexity index is 2890. The van der Waals surface area contributed by atoms with Crippen LogP contribution in [0.4, 0.5) is 0 Å². The molecule has 0 fully saturated rings. The van der Waals surface area contributed by atoms with E-state index in [0.29, 0.717) is 0 Å². The average Bonchev–Trinajstić information content (AvgIpc) is 3.56. The Morgan fingerprint density at radius 1 is 0.327 bits per heavy atom. The van der Waals surface area contributed by atoms with Crippen LogP contribution in [-0.4, -0.2) is 0 Å². The van der Waals surface area contributed by atoms with E-state index in [9.17, 15) is 0 Å². The minimum absolute atomic E-state index is 0.149. The first-order valence-electron chi connectivity index (χ1n) is 19.6. The van der Waals surface area contributed by atoms with Crippen molar-refractivity contribution in [1.82, 2.24) is 0 Å². The summed E-state index contributed by atoms with van der Waals surface area (Å²) in [4.78, 5) is 0. The third-order valence-electron chi connectivity index (χ3n) is 12.0. The van der Waals surface area contributed by atoms with Gasteiger partial charge < -0.3 is 0 Å². The summed E-state index contributed by atoms with van der Waals surface area (Å²) in [5.41, 5.74) is 19.6. The topological polar surface area (TPSA) is 0 Å². The fourth-order valence-electron chi connectivity index (χ4n) is 8.70. The maximum atomic E-state index is 2.46. The van der Waals surface area contributed by atoms with E-state index in [2.05, 4.69) is 198 Å². The van der Waals surface area contributed by atoms with Crippen molar-refractivity contribution in [2.24, 2.45) is 0 Å². The second kappa shape index (κ2) is 12.7. The van der Waals surface area contributed by atoms with Gasteiger partial charge in [-0.2, -0.15) is 0 Å². The van der Waals surface area contributed by atoms with Crippen LogP contribution < -0.4 is 0 Å². The lowest BCUT2D eigenvalue weighted by atomic mass is 9.85. The van der Waals surface area contributed by atoms with Crippen LogP contribution in [0.5, 0.6) is 0 Å². The summed E-state index contributed by atoms with van der Waals surface area (Å²) in [6.45, 7) is 11.2. The molecule has 0 saturated heterocycles.